The van der Waals surface area contributed by atoms with Gasteiger partial charge in [-0.25, -0.2) is 0 Å². The van der Waals surface area contributed by atoms with Gasteiger partial charge in [0.05, 0.1) is 13.5 Å². The summed E-state index contributed by atoms with van der Waals surface area (Å²) in [5.41, 5.74) is 3.47. The minimum Gasteiger partial charge on any atom is -0.497 e. The maximum absolute atomic E-state index is 12.0. The van der Waals surface area contributed by atoms with Crippen LogP contribution in [0.2, 0.25) is 0 Å². The molecule has 0 saturated carbocycles. The zero-order valence-corrected chi connectivity index (χ0v) is 14.1. The van der Waals surface area contributed by atoms with Gasteiger partial charge < -0.3 is 15.0 Å². The minimum atomic E-state index is 0.0718. The molecule has 5 heteroatoms. The third-order valence-electron chi connectivity index (χ3n) is 3.94. The summed E-state index contributed by atoms with van der Waals surface area (Å²) < 4.78 is 5.31. The third kappa shape index (κ3) is 3.56. The Morgan fingerprint density at radius 3 is 2.96 bits per heavy atom. The molecule has 4 nitrogen and oxygen atoms in total. The Bertz CT molecular complexity index is 806. The Kier molecular flexibility index (Phi) is 4.67. The first kappa shape index (κ1) is 15.6. The molecule has 2 aromatic heterocycles. The van der Waals surface area contributed by atoms with Crippen molar-refractivity contribution in [2.45, 2.75) is 19.8 Å². The highest BCUT2D eigenvalue weighted by Gasteiger charge is 2.10. The topological polar surface area (TPSA) is 54.1 Å². The maximum atomic E-state index is 12.0. The van der Waals surface area contributed by atoms with Crippen molar-refractivity contribution in [2.24, 2.45) is 0 Å². The Labute approximate surface area is 139 Å². The highest BCUT2D eigenvalue weighted by atomic mass is 32.1. The van der Waals surface area contributed by atoms with E-state index in [2.05, 4.69) is 17.2 Å². The number of amides is 1. The van der Waals surface area contributed by atoms with E-state index in [0.29, 0.717) is 13.0 Å². The molecular weight excluding hydrogens is 308 g/mol. The van der Waals surface area contributed by atoms with E-state index in [1.807, 2.05) is 35.7 Å². The molecule has 0 aliphatic rings. The van der Waals surface area contributed by atoms with Crippen molar-refractivity contribution in [1.82, 2.24) is 10.3 Å². The van der Waals surface area contributed by atoms with Crippen LogP contribution in [0.25, 0.3) is 10.9 Å². The Morgan fingerprint density at radius 2 is 2.22 bits per heavy atom. The summed E-state index contributed by atoms with van der Waals surface area (Å²) in [5, 5.41) is 6.16. The number of rotatable bonds is 6. The van der Waals surface area contributed by atoms with Crippen molar-refractivity contribution < 1.29 is 9.53 Å². The first-order valence-corrected chi connectivity index (χ1v) is 8.49. The molecule has 23 heavy (non-hydrogen) atoms. The number of fused-ring (bicyclic) bond motifs is 1. The van der Waals surface area contributed by atoms with Crippen molar-refractivity contribution in [1.29, 1.82) is 0 Å². The van der Waals surface area contributed by atoms with Crippen LogP contribution in [0.5, 0.6) is 5.75 Å². The molecule has 0 unspecified atom stereocenters. The third-order valence-corrected chi connectivity index (χ3v) is 4.82. The number of aromatic nitrogens is 1. The molecule has 0 aliphatic carbocycles. The van der Waals surface area contributed by atoms with Crippen molar-refractivity contribution in [3.05, 3.63) is 51.8 Å². The average molecular weight is 328 g/mol. The van der Waals surface area contributed by atoms with E-state index in [0.717, 1.165) is 33.6 Å². The number of nitrogens with one attached hydrogen (secondary N) is 2. The van der Waals surface area contributed by atoms with Gasteiger partial charge in [-0.2, -0.15) is 0 Å². The van der Waals surface area contributed by atoms with Gasteiger partial charge in [0.25, 0.3) is 0 Å². The first-order chi connectivity index (χ1) is 11.2. The average Bonchev–Trinajstić information content (AvgIpc) is 3.15. The highest BCUT2D eigenvalue weighted by Crippen LogP contribution is 2.26. The standard InChI is InChI=1S/C18H20N2O2S/c1-12-15(16-10-13(22-2)5-6-17(16)20-12)7-8-19-18(21)11-14-4-3-9-23-14/h3-6,9-10,20H,7-8,11H2,1-2H3,(H,19,21). The van der Waals surface area contributed by atoms with Gasteiger partial charge in [-0.1, -0.05) is 6.07 Å². The number of thiophene rings is 1. The molecule has 0 radical (unpaired) electrons. The molecule has 0 aliphatic heterocycles. The van der Waals surface area contributed by atoms with Gasteiger partial charge in [-0.15, -0.1) is 11.3 Å². The monoisotopic (exact) mass is 328 g/mol. The molecular formula is C18H20N2O2S. The predicted octanol–water partition coefficient (Wildman–Crippen LogP) is 3.45. The van der Waals surface area contributed by atoms with Gasteiger partial charge >= 0.3 is 0 Å². The summed E-state index contributed by atoms with van der Waals surface area (Å²) in [5.74, 6) is 0.919. The zero-order valence-electron chi connectivity index (χ0n) is 13.3. The molecule has 1 aromatic carbocycles. The van der Waals surface area contributed by atoms with Crippen LogP contribution in [0.4, 0.5) is 0 Å². The Balaban J connectivity index is 1.64. The van der Waals surface area contributed by atoms with Crippen LogP contribution in [0, 0.1) is 6.92 Å². The number of methoxy groups -OCH3 is 1. The van der Waals surface area contributed by atoms with Gasteiger partial charge in [0.2, 0.25) is 5.91 Å². The van der Waals surface area contributed by atoms with Crippen molar-refractivity contribution >= 4 is 28.1 Å². The SMILES string of the molecule is COc1ccc2[nH]c(C)c(CCNC(=O)Cc3cccs3)c2c1. The van der Waals surface area contributed by atoms with E-state index < -0.39 is 0 Å². The number of aryl methyl sites for hydroxylation is 1. The van der Waals surface area contributed by atoms with Gasteiger partial charge in [-0.3, -0.25) is 4.79 Å². The molecule has 0 atom stereocenters. The fraction of sp³-hybridized carbons (Fsp3) is 0.278. The lowest BCUT2D eigenvalue weighted by molar-refractivity contribution is -0.120. The summed E-state index contributed by atoms with van der Waals surface area (Å²) in [6.45, 7) is 2.70. The smallest absolute Gasteiger partial charge is 0.225 e. The lowest BCUT2D eigenvalue weighted by atomic mass is 10.1. The second-order valence-electron chi connectivity index (χ2n) is 5.50. The van der Waals surface area contributed by atoms with Crippen molar-refractivity contribution in [3.63, 3.8) is 0 Å². The van der Waals surface area contributed by atoms with E-state index in [1.165, 1.54) is 5.56 Å². The molecule has 3 aromatic rings. The highest BCUT2D eigenvalue weighted by molar-refractivity contribution is 7.10. The van der Waals surface area contributed by atoms with Crippen LogP contribution in [0.1, 0.15) is 16.1 Å². The van der Waals surface area contributed by atoms with E-state index >= 15 is 0 Å². The first-order valence-electron chi connectivity index (χ1n) is 7.61. The number of carbonyl (C=O) groups excluding carboxylic acids is 1. The minimum absolute atomic E-state index is 0.0718. The summed E-state index contributed by atoms with van der Waals surface area (Å²) >= 11 is 1.61. The molecule has 0 spiro atoms. The predicted molar refractivity (Wildman–Crippen MR) is 94.3 cm³/mol. The summed E-state index contributed by atoms with van der Waals surface area (Å²) in [7, 11) is 1.67. The van der Waals surface area contributed by atoms with Gasteiger partial charge in [0, 0.05) is 28.0 Å². The second-order valence-corrected chi connectivity index (χ2v) is 6.53. The molecule has 2 heterocycles. The van der Waals surface area contributed by atoms with E-state index in [4.69, 9.17) is 4.74 Å². The van der Waals surface area contributed by atoms with Gasteiger partial charge in [0.15, 0.2) is 0 Å². The van der Waals surface area contributed by atoms with Crippen LogP contribution >= 0.6 is 11.3 Å². The quantitative estimate of drug-likeness (QED) is 0.728. The maximum Gasteiger partial charge on any atom is 0.225 e. The molecule has 3 rings (SSSR count). The molecule has 120 valence electrons. The van der Waals surface area contributed by atoms with E-state index in [9.17, 15) is 4.79 Å². The molecule has 1 amide bonds. The van der Waals surface area contributed by atoms with Gasteiger partial charge in [0.1, 0.15) is 5.75 Å². The van der Waals surface area contributed by atoms with Crippen molar-refractivity contribution in [2.75, 3.05) is 13.7 Å². The molecule has 2 N–H and O–H groups in total. The molecule has 0 bridgehead atoms. The van der Waals surface area contributed by atoms with Gasteiger partial charge in [-0.05, 0) is 48.6 Å². The van der Waals surface area contributed by atoms with Crippen molar-refractivity contribution in [3.8, 4) is 5.75 Å². The number of hydrogen-bond donors (Lipinski definition) is 2. The lowest BCUT2D eigenvalue weighted by Gasteiger charge is -2.06. The number of ether oxygens (including phenoxy) is 1. The normalized spacial score (nSPS) is 10.9. The molecule has 0 fully saturated rings. The fourth-order valence-corrected chi connectivity index (χ4v) is 3.47. The number of H-pyrrole nitrogens is 1. The van der Waals surface area contributed by atoms with Crippen LogP contribution in [-0.2, 0) is 17.6 Å². The fourth-order valence-electron chi connectivity index (χ4n) is 2.77. The summed E-state index contributed by atoms with van der Waals surface area (Å²) in [4.78, 5) is 16.4. The van der Waals surface area contributed by atoms with Crippen LogP contribution in [-0.4, -0.2) is 24.5 Å². The summed E-state index contributed by atoms with van der Waals surface area (Å²) in [6, 6.07) is 9.98. The zero-order chi connectivity index (χ0) is 16.2. The number of hydrogen-bond acceptors (Lipinski definition) is 3. The van der Waals surface area contributed by atoms with E-state index in [-0.39, 0.29) is 5.91 Å². The second kappa shape index (κ2) is 6.87. The van der Waals surface area contributed by atoms with Crippen LogP contribution in [0.15, 0.2) is 35.7 Å². The lowest BCUT2D eigenvalue weighted by Crippen LogP contribution is -2.27. The van der Waals surface area contributed by atoms with E-state index in [1.54, 1.807) is 18.4 Å². The number of aromatic amines is 1. The Hall–Kier alpha value is -2.27. The largest absolute Gasteiger partial charge is 0.497 e. The molecule has 0 saturated heterocycles. The summed E-state index contributed by atoms with van der Waals surface area (Å²) in [6.07, 6.45) is 1.26. The van der Waals surface area contributed by atoms with Crippen LogP contribution < -0.4 is 10.1 Å². The number of carbonyl (C=O) groups is 1. The Morgan fingerprint density at radius 1 is 1.35 bits per heavy atom. The van der Waals surface area contributed by atoms with Crippen LogP contribution in [0.3, 0.4) is 0 Å². The number of benzene rings is 1.